The van der Waals surface area contributed by atoms with Gasteiger partial charge in [-0.1, -0.05) is 6.42 Å². The van der Waals surface area contributed by atoms with Gasteiger partial charge in [0, 0.05) is 6.04 Å². The van der Waals surface area contributed by atoms with Crippen LogP contribution in [0.1, 0.15) is 32.1 Å². The van der Waals surface area contributed by atoms with Crippen molar-refractivity contribution in [3.05, 3.63) is 0 Å². The lowest BCUT2D eigenvalue weighted by atomic mass is 9.92. The third-order valence-corrected chi connectivity index (χ3v) is 2.88. The second-order valence-electron chi connectivity index (χ2n) is 3.95. The highest BCUT2D eigenvalue weighted by atomic mass is 16.4. The lowest BCUT2D eigenvalue weighted by Crippen LogP contribution is -2.47. The molecule has 0 aliphatic heterocycles. The zero-order valence-electron chi connectivity index (χ0n) is 7.12. The van der Waals surface area contributed by atoms with Crippen molar-refractivity contribution in [1.29, 1.82) is 0 Å². The second-order valence-corrected chi connectivity index (χ2v) is 3.95. The summed E-state index contributed by atoms with van der Waals surface area (Å²) in [5, 5.41) is 12.1. The Hall–Kier alpha value is -0.570. The topological polar surface area (TPSA) is 49.3 Å². The molecule has 0 aromatic heterocycles. The molecule has 2 aliphatic rings. The van der Waals surface area contributed by atoms with Gasteiger partial charge in [-0.05, 0) is 31.6 Å². The predicted molar refractivity (Wildman–Crippen MR) is 44.9 cm³/mol. The standard InChI is InChI=1S/C9H15NO2/c11-9(12)8(6-4-5-6)10-7-2-1-3-7/h6-8,10H,1-5H2,(H,11,12). The van der Waals surface area contributed by atoms with E-state index >= 15 is 0 Å². The fourth-order valence-corrected chi connectivity index (χ4v) is 1.67. The largest absolute Gasteiger partial charge is 0.480 e. The van der Waals surface area contributed by atoms with Gasteiger partial charge in [0.25, 0.3) is 0 Å². The zero-order chi connectivity index (χ0) is 8.55. The first-order valence-corrected chi connectivity index (χ1v) is 4.76. The van der Waals surface area contributed by atoms with Gasteiger partial charge in [-0.3, -0.25) is 4.79 Å². The Bertz CT molecular complexity index is 185. The van der Waals surface area contributed by atoms with Crippen molar-refractivity contribution >= 4 is 5.97 Å². The summed E-state index contributed by atoms with van der Waals surface area (Å²) in [4.78, 5) is 10.8. The molecule has 0 heterocycles. The lowest BCUT2D eigenvalue weighted by Gasteiger charge is -2.29. The number of hydrogen-bond acceptors (Lipinski definition) is 2. The van der Waals surface area contributed by atoms with Gasteiger partial charge in [0.05, 0.1) is 0 Å². The molecule has 0 aromatic carbocycles. The first kappa shape index (κ1) is 8.05. The summed E-state index contributed by atoms with van der Waals surface area (Å²) in [6, 6.07) is 0.238. The summed E-state index contributed by atoms with van der Waals surface area (Å²) in [7, 11) is 0. The molecule has 0 spiro atoms. The maximum atomic E-state index is 10.8. The SMILES string of the molecule is O=C(O)C(NC1CCC1)C1CC1. The molecule has 68 valence electrons. The number of aliphatic carboxylic acids is 1. The summed E-state index contributed by atoms with van der Waals surface area (Å²) in [6.07, 6.45) is 5.77. The van der Waals surface area contributed by atoms with Crippen LogP contribution in [0.25, 0.3) is 0 Å². The molecule has 2 saturated carbocycles. The van der Waals surface area contributed by atoms with Gasteiger partial charge in [-0.25, -0.2) is 0 Å². The van der Waals surface area contributed by atoms with Gasteiger partial charge in [0.1, 0.15) is 6.04 Å². The Morgan fingerprint density at radius 2 is 2.00 bits per heavy atom. The van der Waals surface area contributed by atoms with Gasteiger partial charge in [-0.2, -0.15) is 0 Å². The van der Waals surface area contributed by atoms with E-state index in [0.29, 0.717) is 12.0 Å². The van der Waals surface area contributed by atoms with E-state index in [1.807, 2.05) is 0 Å². The van der Waals surface area contributed by atoms with Gasteiger partial charge < -0.3 is 10.4 Å². The van der Waals surface area contributed by atoms with Crippen LogP contribution in [0.3, 0.4) is 0 Å². The van der Waals surface area contributed by atoms with E-state index in [1.54, 1.807) is 0 Å². The highest BCUT2D eigenvalue weighted by Gasteiger charge is 2.38. The Morgan fingerprint density at radius 1 is 1.33 bits per heavy atom. The number of hydrogen-bond donors (Lipinski definition) is 2. The van der Waals surface area contributed by atoms with Crippen LogP contribution in [-0.4, -0.2) is 23.2 Å². The van der Waals surface area contributed by atoms with E-state index in [-0.39, 0.29) is 6.04 Å². The maximum absolute atomic E-state index is 10.8. The number of carbonyl (C=O) groups is 1. The number of rotatable bonds is 4. The smallest absolute Gasteiger partial charge is 0.320 e. The van der Waals surface area contributed by atoms with E-state index in [4.69, 9.17) is 5.11 Å². The Kier molecular flexibility index (Phi) is 2.05. The highest BCUT2D eigenvalue weighted by Crippen LogP contribution is 2.34. The normalized spacial score (nSPS) is 26.3. The van der Waals surface area contributed by atoms with E-state index in [1.165, 1.54) is 6.42 Å². The molecule has 0 amide bonds. The molecule has 3 heteroatoms. The first-order chi connectivity index (χ1) is 5.77. The summed E-state index contributed by atoms with van der Waals surface area (Å²) < 4.78 is 0. The third-order valence-electron chi connectivity index (χ3n) is 2.88. The molecular formula is C9H15NO2. The van der Waals surface area contributed by atoms with Crippen LogP contribution in [0.4, 0.5) is 0 Å². The molecule has 0 aromatic rings. The van der Waals surface area contributed by atoms with Crippen LogP contribution in [0.2, 0.25) is 0 Å². The first-order valence-electron chi connectivity index (χ1n) is 4.76. The molecule has 2 fully saturated rings. The summed E-state index contributed by atoms with van der Waals surface area (Å²) in [5.74, 6) is -0.243. The minimum Gasteiger partial charge on any atom is -0.480 e. The third kappa shape index (κ3) is 1.61. The van der Waals surface area contributed by atoms with Crippen LogP contribution in [-0.2, 0) is 4.79 Å². The van der Waals surface area contributed by atoms with Crippen LogP contribution in [0, 0.1) is 5.92 Å². The van der Waals surface area contributed by atoms with Crippen molar-refractivity contribution in [2.24, 2.45) is 5.92 Å². The minimum absolute atomic E-state index is 0.254. The molecule has 3 nitrogen and oxygen atoms in total. The minimum atomic E-state index is -0.663. The lowest BCUT2D eigenvalue weighted by molar-refractivity contribution is -0.140. The molecule has 12 heavy (non-hydrogen) atoms. The summed E-state index contributed by atoms with van der Waals surface area (Å²) in [5.41, 5.74) is 0. The van der Waals surface area contributed by atoms with Crippen LogP contribution < -0.4 is 5.32 Å². The fraction of sp³-hybridized carbons (Fsp3) is 0.889. The Balaban J connectivity index is 1.83. The number of carboxylic acids is 1. The Morgan fingerprint density at radius 3 is 2.33 bits per heavy atom. The van der Waals surface area contributed by atoms with Gasteiger partial charge in [0.2, 0.25) is 0 Å². The molecular weight excluding hydrogens is 154 g/mol. The zero-order valence-corrected chi connectivity index (χ0v) is 7.12. The van der Waals surface area contributed by atoms with Gasteiger partial charge >= 0.3 is 5.97 Å². The summed E-state index contributed by atoms with van der Waals surface area (Å²) >= 11 is 0. The van der Waals surface area contributed by atoms with Crippen LogP contribution >= 0.6 is 0 Å². The van der Waals surface area contributed by atoms with E-state index in [9.17, 15) is 4.79 Å². The number of nitrogens with one attached hydrogen (secondary N) is 1. The Labute approximate surface area is 72.2 Å². The predicted octanol–water partition coefficient (Wildman–Crippen LogP) is 0.992. The van der Waals surface area contributed by atoms with Crippen molar-refractivity contribution in [3.8, 4) is 0 Å². The fourth-order valence-electron chi connectivity index (χ4n) is 1.67. The molecule has 2 aliphatic carbocycles. The molecule has 2 N–H and O–H groups in total. The van der Waals surface area contributed by atoms with E-state index in [2.05, 4.69) is 5.32 Å². The quantitative estimate of drug-likeness (QED) is 0.660. The average Bonchev–Trinajstić information content (AvgIpc) is 2.66. The van der Waals surface area contributed by atoms with E-state index < -0.39 is 5.97 Å². The van der Waals surface area contributed by atoms with E-state index in [0.717, 1.165) is 25.7 Å². The molecule has 1 atom stereocenters. The van der Waals surface area contributed by atoms with Crippen molar-refractivity contribution in [2.75, 3.05) is 0 Å². The summed E-state index contributed by atoms with van der Waals surface area (Å²) in [6.45, 7) is 0. The molecule has 0 radical (unpaired) electrons. The molecule has 2 rings (SSSR count). The van der Waals surface area contributed by atoms with Crippen molar-refractivity contribution < 1.29 is 9.90 Å². The highest BCUT2D eigenvalue weighted by molar-refractivity contribution is 5.74. The second kappa shape index (κ2) is 3.05. The van der Waals surface area contributed by atoms with Crippen molar-refractivity contribution in [1.82, 2.24) is 5.32 Å². The van der Waals surface area contributed by atoms with Gasteiger partial charge in [-0.15, -0.1) is 0 Å². The van der Waals surface area contributed by atoms with Gasteiger partial charge in [0.15, 0.2) is 0 Å². The molecule has 0 bridgehead atoms. The molecule has 0 saturated heterocycles. The van der Waals surface area contributed by atoms with Crippen LogP contribution in [0.5, 0.6) is 0 Å². The van der Waals surface area contributed by atoms with Crippen LogP contribution in [0.15, 0.2) is 0 Å². The maximum Gasteiger partial charge on any atom is 0.320 e. The monoisotopic (exact) mass is 169 g/mol. The molecule has 1 unspecified atom stereocenters. The van der Waals surface area contributed by atoms with Crippen molar-refractivity contribution in [3.63, 3.8) is 0 Å². The number of carboxylic acid groups (broad SMARTS) is 1. The van der Waals surface area contributed by atoms with Crippen molar-refractivity contribution in [2.45, 2.75) is 44.2 Å². The average molecular weight is 169 g/mol.